The van der Waals surface area contributed by atoms with Gasteiger partial charge in [-0.2, -0.15) is 0 Å². The Hall–Kier alpha value is -1.14. The van der Waals surface area contributed by atoms with Crippen molar-refractivity contribution in [1.82, 2.24) is 9.88 Å². The summed E-state index contributed by atoms with van der Waals surface area (Å²) in [6, 6.07) is 8.01. The Morgan fingerprint density at radius 3 is 2.56 bits per heavy atom. The number of nitrogens with two attached hydrogens (primary N) is 1. The number of benzene rings is 1. The Balaban J connectivity index is 0.00000156. The zero-order chi connectivity index (χ0) is 16.4. The van der Waals surface area contributed by atoms with Crippen LogP contribution >= 0.6 is 36.2 Å². The highest BCUT2D eigenvalue weighted by molar-refractivity contribution is 7.13. The van der Waals surface area contributed by atoms with Gasteiger partial charge in [-0.05, 0) is 44.7 Å². The maximum absolute atomic E-state index is 12.7. The summed E-state index contributed by atoms with van der Waals surface area (Å²) < 4.78 is 0. The van der Waals surface area contributed by atoms with Gasteiger partial charge in [-0.1, -0.05) is 12.1 Å². The SMILES string of the molecule is Cc1csc(-c2cccc(C(=O)N3CCC(C(C)N)CC3)c2)n1.Cl.Cl. The van der Waals surface area contributed by atoms with Gasteiger partial charge in [-0.3, -0.25) is 4.79 Å². The third kappa shape index (κ3) is 5.17. The highest BCUT2D eigenvalue weighted by atomic mass is 35.5. The summed E-state index contributed by atoms with van der Waals surface area (Å²) in [5, 5.41) is 3.00. The second-order valence-electron chi connectivity index (χ2n) is 6.36. The van der Waals surface area contributed by atoms with Crippen LogP contribution in [0.1, 0.15) is 35.8 Å². The number of thiazole rings is 1. The average Bonchev–Trinajstić information content (AvgIpc) is 3.01. The number of nitrogens with zero attached hydrogens (tertiary/aromatic N) is 2. The molecule has 1 amide bonds. The summed E-state index contributed by atoms with van der Waals surface area (Å²) in [4.78, 5) is 19.2. The first-order valence-electron chi connectivity index (χ1n) is 8.12. The number of likely N-dealkylation sites (tertiary alicyclic amines) is 1. The molecule has 7 heteroatoms. The number of rotatable bonds is 3. The summed E-state index contributed by atoms with van der Waals surface area (Å²) in [7, 11) is 0. The van der Waals surface area contributed by atoms with E-state index in [1.165, 1.54) is 0 Å². The first-order chi connectivity index (χ1) is 11.0. The monoisotopic (exact) mass is 401 g/mol. The maximum atomic E-state index is 12.7. The van der Waals surface area contributed by atoms with Crippen molar-refractivity contribution in [3.8, 4) is 10.6 Å². The first kappa shape index (κ1) is 21.9. The maximum Gasteiger partial charge on any atom is 0.253 e. The molecule has 0 radical (unpaired) electrons. The number of amides is 1. The van der Waals surface area contributed by atoms with Gasteiger partial charge in [0, 0.05) is 41.3 Å². The minimum atomic E-state index is 0. The van der Waals surface area contributed by atoms with Crippen molar-refractivity contribution in [2.24, 2.45) is 11.7 Å². The summed E-state index contributed by atoms with van der Waals surface area (Å²) in [5.41, 5.74) is 8.75. The lowest BCUT2D eigenvalue weighted by atomic mass is 9.90. The van der Waals surface area contributed by atoms with Crippen LogP contribution in [-0.4, -0.2) is 34.9 Å². The van der Waals surface area contributed by atoms with E-state index in [-0.39, 0.29) is 36.8 Å². The molecule has 2 aromatic rings. The third-order valence-corrected chi connectivity index (χ3v) is 5.56. The molecule has 2 N–H and O–H groups in total. The predicted molar refractivity (Wildman–Crippen MR) is 109 cm³/mol. The minimum absolute atomic E-state index is 0. The average molecular weight is 402 g/mol. The number of carbonyl (C=O) groups excluding carboxylic acids is 1. The molecule has 1 aliphatic rings. The van der Waals surface area contributed by atoms with Crippen LogP contribution in [0.5, 0.6) is 0 Å². The summed E-state index contributed by atoms with van der Waals surface area (Å²) in [5.74, 6) is 0.645. The fourth-order valence-corrected chi connectivity index (χ4v) is 3.88. The number of hydrogen-bond donors (Lipinski definition) is 1. The smallest absolute Gasteiger partial charge is 0.253 e. The molecule has 0 aliphatic carbocycles. The summed E-state index contributed by atoms with van der Waals surface area (Å²) in [6.07, 6.45) is 1.99. The first-order valence-corrected chi connectivity index (χ1v) is 9.00. The number of hydrogen-bond acceptors (Lipinski definition) is 4. The van der Waals surface area contributed by atoms with E-state index in [1.54, 1.807) is 11.3 Å². The second kappa shape index (κ2) is 9.53. The zero-order valence-electron chi connectivity index (χ0n) is 14.5. The van der Waals surface area contributed by atoms with Crippen molar-refractivity contribution < 1.29 is 4.79 Å². The Labute approximate surface area is 165 Å². The van der Waals surface area contributed by atoms with E-state index in [0.29, 0.717) is 5.92 Å². The van der Waals surface area contributed by atoms with Gasteiger partial charge in [0.1, 0.15) is 5.01 Å². The molecule has 3 rings (SSSR count). The van der Waals surface area contributed by atoms with Crippen molar-refractivity contribution in [2.45, 2.75) is 32.7 Å². The lowest BCUT2D eigenvalue weighted by molar-refractivity contribution is 0.0681. The molecule has 1 aromatic carbocycles. The van der Waals surface area contributed by atoms with Crippen molar-refractivity contribution in [2.75, 3.05) is 13.1 Å². The van der Waals surface area contributed by atoms with Crippen LogP contribution in [0.4, 0.5) is 0 Å². The second-order valence-corrected chi connectivity index (χ2v) is 7.22. The van der Waals surface area contributed by atoms with E-state index in [2.05, 4.69) is 11.9 Å². The summed E-state index contributed by atoms with van der Waals surface area (Å²) in [6.45, 7) is 5.64. The lowest BCUT2D eigenvalue weighted by Crippen LogP contribution is -2.42. The van der Waals surface area contributed by atoms with Crippen LogP contribution in [0, 0.1) is 12.8 Å². The topological polar surface area (TPSA) is 59.2 Å². The molecule has 1 aliphatic heterocycles. The lowest BCUT2D eigenvalue weighted by Gasteiger charge is -2.33. The fraction of sp³-hybridized carbons (Fsp3) is 0.444. The van der Waals surface area contributed by atoms with Crippen molar-refractivity contribution in [3.05, 3.63) is 40.9 Å². The highest BCUT2D eigenvalue weighted by Crippen LogP contribution is 2.26. The molecule has 0 saturated carbocycles. The van der Waals surface area contributed by atoms with Crippen molar-refractivity contribution >= 4 is 42.1 Å². The van der Waals surface area contributed by atoms with Crippen molar-refractivity contribution in [1.29, 1.82) is 0 Å². The zero-order valence-corrected chi connectivity index (χ0v) is 16.9. The Kier molecular flexibility index (Phi) is 8.35. The van der Waals surface area contributed by atoms with Crippen LogP contribution in [0.15, 0.2) is 29.6 Å². The molecule has 1 saturated heterocycles. The number of aryl methyl sites for hydroxylation is 1. The van der Waals surface area contributed by atoms with Gasteiger partial charge in [0.2, 0.25) is 0 Å². The van der Waals surface area contributed by atoms with E-state index >= 15 is 0 Å². The number of halogens is 2. The predicted octanol–water partition coefficient (Wildman–Crippen LogP) is 4.16. The van der Waals surface area contributed by atoms with E-state index in [4.69, 9.17) is 5.73 Å². The molecular formula is C18H25Cl2N3OS. The molecule has 0 bridgehead atoms. The molecular weight excluding hydrogens is 377 g/mol. The van der Waals surface area contributed by atoms with E-state index < -0.39 is 0 Å². The molecule has 0 spiro atoms. The molecule has 2 heterocycles. The normalized spacial score (nSPS) is 15.9. The fourth-order valence-electron chi connectivity index (χ4n) is 3.08. The quantitative estimate of drug-likeness (QED) is 0.839. The van der Waals surface area contributed by atoms with Gasteiger partial charge >= 0.3 is 0 Å². The van der Waals surface area contributed by atoms with Crippen LogP contribution in [0.25, 0.3) is 10.6 Å². The number of carbonyl (C=O) groups is 1. The van der Waals surface area contributed by atoms with Gasteiger partial charge in [-0.15, -0.1) is 36.2 Å². The van der Waals surface area contributed by atoms with Crippen LogP contribution in [-0.2, 0) is 0 Å². The van der Waals surface area contributed by atoms with Gasteiger partial charge in [0.05, 0.1) is 0 Å². The summed E-state index contributed by atoms with van der Waals surface area (Å²) >= 11 is 1.61. The molecule has 1 fully saturated rings. The van der Waals surface area contributed by atoms with E-state index in [0.717, 1.165) is 47.8 Å². The Morgan fingerprint density at radius 1 is 1.32 bits per heavy atom. The van der Waals surface area contributed by atoms with Crippen LogP contribution in [0.3, 0.4) is 0 Å². The Morgan fingerprint density at radius 2 is 2.00 bits per heavy atom. The molecule has 25 heavy (non-hydrogen) atoms. The number of aromatic nitrogens is 1. The molecule has 4 nitrogen and oxygen atoms in total. The van der Waals surface area contributed by atoms with Crippen LogP contribution in [0.2, 0.25) is 0 Å². The highest BCUT2D eigenvalue weighted by Gasteiger charge is 2.25. The Bertz CT molecular complexity index is 697. The minimum Gasteiger partial charge on any atom is -0.339 e. The van der Waals surface area contributed by atoms with Crippen LogP contribution < -0.4 is 5.73 Å². The molecule has 1 unspecified atom stereocenters. The van der Waals surface area contributed by atoms with Gasteiger partial charge in [-0.25, -0.2) is 4.98 Å². The van der Waals surface area contributed by atoms with E-state index in [1.807, 2.05) is 41.5 Å². The van der Waals surface area contributed by atoms with E-state index in [9.17, 15) is 4.79 Å². The largest absolute Gasteiger partial charge is 0.339 e. The number of piperidine rings is 1. The molecule has 138 valence electrons. The molecule has 1 atom stereocenters. The van der Waals surface area contributed by atoms with Gasteiger partial charge in [0.25, 0.3) is 5.91 Å². The molecule has 1 aromatic heterocycles. The van der Waals surface area contributed by atoms with Crippen molar-refractivity contribution in [3.63, 3.8) is 0 Å². The standard InChI is InChI=1S/C18H23N3OS.2ClH/c1-12-11-23-17(20-12)15-4-3-5-16(10-15)18(22)21-8-6-14(7-9-21)13(2)19;;/h3-5,10-11,13-14H,6-9,19H2,1-2H3;2*1H. The van der Waals surface area contributed by atoms with Gasteiger partial charge in [0.15, 0.2) is 0 Å². The van der Waals surface area contributed by atoms with Gasteiger partial charge < -0.3 is 10.6 Å². The third-order valence-electron chi connectivity index (χ3n) is 4.55.